The van der Waals surface area contributed by atoms with Crippen LogP contribution in [0.3, 0.4) is 0 Å². The van der Waals surface area contributed by atoms with Crippen LogP contribution in [0.4, 0.5) is 14.6 Å². The van der Waals surface area contributed by atoms with E-state index in [9.17, 15) is 8.78 Å². The number of piperazine rings is 1. The summed E-state index contributed by atoms with van der Waals surface area (Å²) in [5, 5.41) is 8.64. The van der Waals surface area contributed by atoms with Gasteiger partial charge in [0.25, 0.3) is 0 Å². The number of aryl methyl sites for hydroxylation is 1. The van der Waals surface area contributed by atoms with E-state index in [1.54, 1.807) is 12.3 Å². The molecule has 0 bridgehead atoms. The number of aromatic nitrogens is 4. The highest BCUT2D eigenvalue weighted by Crippen LogP contribution is 2.18. The van der Waals surface area contributed by atoms with E-state index >= 15 is 0 Å². The van der Waals surface area contributed by atoms with Crippen LogP contribution in [0.25, 0.3) is 11.5 Å². The van der Waals surface area contributed by atoms with Gasteiger partial charge in [-0.3, -0.25) is 4.90 Å². The lowest BCUT2D eigenvalue weighted by atomic mass is 10.2. The summed E-state index contributed by atoms with van der Waals surface area (Å²) in [6.07, 6.45) is 3.61. The second-order valence-electron chi connectivity index (χ2n) is 6.65. The van der Waals surface area contributed by atoms with E-state index in [-0.39, 0.29) is 0 Å². The average Bonchev–Trinajstić information content (AvgIpc) is 3.11. The molecule has 0 aliphatic carbocycles. The topological polar surface area (TPSA) is 50.1 Å². The quantitative estimate of drug-likeness (QED) is 0.706. The van der Waals surface area contributed by atoms with Crippen LogP contribution in [-0.4, -0.2) is 50.8 Å². The molecule has 3 heterocycles. The molecule has 0 N–H and O–H groups in total. The van der Waals surface area contributed by atoms with Crippen LogP contribution in [-0.2, 0) is 13.6 Å². The van der Waals surface area contributed by atoms with Crippen molar-refractivity contribution in [3.63, 3.8) is 0 Å². The summed E-state index contributed by atoms with van der Waals surface area (Å²) in [6.45, 7) is 3.86. The maximum atomic E-state index is 13.4. The minimum Gasteiger partial charge on any atom is -0.353 e. The Morgan fingerprint density at radius 2 is 1.78 bits per heavy atom. The second kappa shape index (κ2) is 7.40. The molecule has 8 heteroatoms. The van der Waals surface area contributed by atoms with Crippen molar-refractivity contribution in [1.82, 2.24) is 24.6 Å². The van der Waals surface area contributed by atoms with Gasteiger partial charge in [-0.05, 0) is 29.8 Å². The van der Waals surface area contributed by atoms with Gasteiger partial charge < -0.3 is 9.47 Å². The van der Waals surface area contributed by atoms with E-state index in [0.717, 1.165) is 49.1 Å². The van der Waals surface area contributed by atoms with Crippen LogP contribution in [0, 0.1) is 11.6 Å². The summed E-state index contributed by atoms with van der Waals surface area (Å²) < 4.78 is 28.3. The number of nitrogens with zero attached hydrogens (tertiary/aromatic N) is 6. The van der Waals surface area contributed by atoms with Crippen LogP contribution in [0.5, 0.6) is 0 Å². The van der Waals surface area contributed by atoms with Gasteiger partial charge in [-0.2, -0.15) is 0 Å². The van der Waals surface area contributed by atoms with E-state index in [1.807, 2.05) is 29.9 Å². The Morgan fingerprint density at radius 3 is 2.41 bits per heavy atom. The number of halogens is 2. The van der Waals surface area contributed by atoms with Gasteiger partial charge in [0.05, 0.1) is 0 Å². The van der Waals surface area contributed by atoms with E-state index in [1.165, 1.54) is 12.1 Å². The summed E-state index contributed by atoms with van der Waals surface area (Å²) in [4.78, 5) is 8.68. The Hall–Kier alpha value is -2.87. The molecule has 6 nitrogen and oxygen atoms in total. The number of rotatable bonds is 4. The van der Waals surface area contributed by atoms with Gasteiger partial charge in [0.1, 0.15) is 5.69 Å². The first-order chi connectivity index (χ1) is 13.1. The zero-order valence-corrected chi connectivity index (χ0v) is 15.0. The highest BCUT2D eigenvalue weighted by molar-refractivity contribution is 5.51. The Morgan fingerprint density at radius 1 is 0.963 bits per heavy atom. The van der Waals surface area contributed by atoms with Crippen molar-refractivity contribution in [3.8, 4) is 11.5 Å². The molecule has 0 radical (unpaired) electrons. The SMILES string of the molecule is Cn1ccnc1-c1ccc(N2CCN(Cc3ccc(F)c(F)c3)CC2)nn1. The molecule has 1 saturated heterocycles. The highest BCUT2D eigenvalue weighted by atomic mass is 19.2. The first-order valence-corrected chi connectivity index (χ1v) is 8.83. The third-order valence-electron chi connectivity index (χ3n) is 4.79. The number of hydrogen-bond donors (Lipinski definition) is 0. The fourth-order valence-electron chi connectivity index (χ4n) is 3.26. The van der Waals surface area contributed by atoms with Gasteiger partial charge in [0, 0.05) is 52.2 Å². The molecule has 27 heavy (non-hydrogen) atoms. The largest absolute Gasteiger partial charge is 0.353 e. The van der Waals surface area contributed by atoms with E-state index in [0.29, 0.717) is 6.54 Å². The summed E-state index contributed by atoms with van der Waals surface area (Å²) in [5.41, 5.74) is 1.52. The van der Waals surface area contributed by atoms with E-state index in [4.69, 9.17) is 0 Å². The monoisotopic (exact) mass is 370 g/mol. The summed E-state index contributed by atoms with van der Waals surface area (Å²) in [7, 11) is 1.92. The summed E-state index contributed by atoms with van der Waals surface area (Å²) in [6, 6.07) is 7.97. The normalized spacial score (nSPS) is 15.3. The predicted molar refractivity (Wildman–Crippen MR) is 98.1 cm³/mol. The van der Waals surface area contributed by atoms with Crippen LogP contribution >= 0.6 is 0 Å². The van der Waals surface area contributed by atoms with Gasteiger partial charge in [0.2, 0.25) is 0 Å². The standard InChI is InChI=1S/C19H20F2N6/c1-25-7-6-22-19(25)17-4-5-18(24-23-17)27-10-8-26(9-11-27)13-14-2-3-15(20)16(21)12-14/h2-7,12H,8-11,13H2,1H3. The number of anilines is 1. The Balaban J connectivity index is 1.36. The van der Waals surface area contributed by atoms with Crippen molar-refractivity contribution >= 4 is 5.82 Å². The molecule has 4 rings (SSSR count). The van der Waals surface area contributed by atoms with Crippen LogP contribution in [0.15, 0.2) is 42.7 Å². The smallest absolute Gasteiger partial charge is 0.160 e. The Labute approximate surface area is 156 Å². The fraction of sp³-hybridized carbons (Fsp3) is 0.316. The lowest BCUT2D eigenvalue weighted by Gasteiger charge is -2.35. The molecular weight excluding hydrogens is 350 g/mol. The first kappa shape index (κ1) is 17.5. The molecule has 0 unspecified atom stereocenters. The molecule has 1 aliphatic rings. The van der Waals surface area contributed by atoms with Gasteiger partial charge in [-0.25, -0.2) is 13.8 Å². The third-order valence-corrected chi connectivity index (χ3v) is 4.79. The van der Waals surface area contributed by atoms with Gasteiger partial charge in [-0.15, -0.1) is 10.2 Å². The molecule has 1 fully saturated rings. The molecule has 0 saturated carbocycles. The Kier molecular flexibility index (Phi) is 4.81. The molecule has 0 spiro atoms. The minimum atomic E-state index is -0.809. The van der Waals surface area contributed by atoms with E-state index < -0.39 is 11.6 Å². The first-order valence-electron chi connectivity index (χ1n) is 8.83. The maximum Gasteiger partial charge on any atom is 0.160 e. The fourth-order valence-corrected chi connectivity index (χ4v) is 3.26. The number of benzene rings is 1. The second-order valence-corrected chi connectivity index (χ2v) is 6.65. The van der Waals surface area contributed by atoms with Crippen LogP contribution < -0.4 is 4.90 Å². The molecule has 0 atom stereocenters. The molecule has 2 aromatic heterocycles. The maximum absolute atomic E-state index is 13.4. The lowest BCUT2D eigenvalue weighted by molar-refractivity contribution is 0.248. The lowest BCUT2D eigenvalue weighted by Crippen LogP contribution is -2.46. The van der Waals surface area contributed by atoms with Gasteiger partial charge >= 0.3 is 0 Å². The van der Waals surface area contributed by atoms with Crippen LogP contribution in [0.1, 0.15) is 5.56 Å². The zero-order valence-electron chi connectivity index (χ0n) is 15.0. The summed E-state index contributed by atoms with van der Waals surface area (Å²) >= 11 is 0. The highest BCUT2D eigenvalue weighted by Gasteiger charge is 2.19. The van der Waals surface area contributed by atoms with Crippen molar-refractivity contribution in [3.05, 3.63) is 59.9 Å². The number of imidazole rings is 1. The molecule has 1 aromatic carbocycles. The van der Waals surface area contributed by atoms with Crippen molar-refractivity contribution in [2.45, 2.75) is 6.54 Å². The van der Waals surface area contributed by atoms with Crippen molar-refractivity contribution in [1.29, 1.82) is 0 Å². The van der Waals surface area contributed by atoms with Crippen molar-refractivity contribution in [2.24, 2.45) is 7.05 Å². The molecule has 140 valence electrons. The van der Waals surface area contributed by atoms with Gasteiger partial charge in [-0.1, -0.05) is 6.07 Å². The molecule has 1 aliphatic heterocycles. The molecular formula is C19H20F2N6. The van der Waals surface area contributed by atoms with E-state index in [2.05, 4.69) is 25.0 Å². The van der Waals surface area contributed by atoms with Crippen molar-refractivity contribution < 1.29 is 8.78 Å². The number of hydrogen-bond acceptors (Lipinski definition) is 5. The zero-order chi connectivity index (χ0) is 18.8. The minimum absolute atomic E-state index is 0.606. The molecule has 3 aromatic rings. The van der Waals surface area contributed by atoms with Crippen molar-refractivity contribution in [2.75, 3.05) is 31.1 Å². The van der Waals surface area contributed by atoms with Gasteiger partial charge in [0.15, 0.2) is 23.3 Å². The molecule has 0 amide bonds. The average molecular weight is 370 g/mol. The summed E-state index contributed by atoms with van der Waals surface area (Å²) in [5.74, 6) is 0.0104. The predicted octanol–water partition coefficient (Wildman–Crippen LogP) is 2.48. The van der Waals surface area contributed by atoms with Crippen LogP contribution in [0.2, 0.25) is 0 Å². The third kappa shape index (κ3) is 3.80. The Bertz CT molecular complexity index is 916.